The average Bonchev–Trinajstić information content (AvgIpc) is 2.58. The van der Waals surface area contributed by atoms with Crippen LogP contribution in [0.5, 0.6) is 0 Å². The van der Waals surface area contributed by atoms with E-state index >= 15 is 0 Å². The van der Waals surface area contributed by atoms with Crippen molar-refractivity contribution < 1.29 is 19.1 Å². The first-order chi connectivity index (χ1) is 11.8. The van der Waals surface area contributed by atoms with Crippen molar-refractivity contribution in [1.29, 1.82) is 0 Å². The number of hydrogen-bond donors (Lipinski definition) is 1. The molecule has 0 spiro atoms. The monoisotopic (exact) mass is 346 g/mol. The molecule has 0 radical (unpaired) electrons. The molecule has 1 aromatic carbocycles. The van der Waals surface area contributed by atoms with Crippen molar-refractivity contribution in [3.63, 3.8) is 0 Å². The Kier molecular flexibility index (Phi) is 6.17. The van der Waals surface area contributed by atoms with Gasteiger partial charge < -0.3 is 15.0 Å². The van der Waals surface area contributed by atoms with Gasteiger partial charge in [-0.2, -0.15) is 0 Å². The number of anilines is 2. The Morgan fingerprint density at radius 3 is 2.52 bits per heavy atom. The van der Waals surface area contributed by atoms with E-state index in [-0.39, 0.29) is 30.3 Å². The van der Waals surface area contributed by atoms with E-state index in [2.05, 4.69) is 5.32 Å². The second-order valence-corrected chi connectivity index (χ2v) is 6.90. The molecule has 1 aromatic rings. The predicted octanol–water partition coefficient (Wildman–Crippen LogP) is 2.76. The fourth-order valence-electron chi connectivity index (χ4n) is 2.72. The van der Waals surface area contributed by atoms with Crippen molar-refractivity contribution in [2.45, 2.75) is 40.5 Å². The lowest BCUT2D eigenvalue weighted by atomic mass is 9.99. The van der Waals surface area contributed by atoms with Crippen molar-refractivity contribution >= 4 is 29.2 Å². The van der Waals surface area contributed by atoms with Crippen molar-refractivity contribution in [2.24, 2.45) is 11.8 Å². The molecule has 25 heavy (non-hydrogen) atoms. The summed E-state index contributed by atoms with van der Waals surface area (Å²) in [6.07, 6.45) is 1.76. The van der Waals surface area contributed by atoms with E-state index in [4.69, 9.17) is 4.74 Å². The molecule has 1 aliphatic rings. The van der Waals surface area contributed by atoms with E-state index in [1.807, 2.05) is 30.9 Å². The summed E-state index contributed by atoms with van der Waals surface area (Å²) in [5, 5.41) is 2.73. The van der Waals surface area contributed by atoms with E-state index in [1.165, 1.54) is 0 Å². The number of rotatable bonds is 5. The highest BCUT2D eigenvalue weighted by atomic mass is 16.5. The summed E-state index contributed by atoms with van der Waals surface area (Å²) in [7, 11) is 0. The van der Waals surface area contributed by atoms with Gasteiger partial charge in [0.1, 0.15) is 0 Å². The first-order valence-corrected chi connectivity index (χ1v) is 8.70. The van der Waals surface area contributed by atoms with Gasteiger partial charge in [0.2, 0.25) is 5.91 Å². The Balaban J connectivity index is 2.04. The Morgan fingerprint density at radius 1 is 1.16 bits per heavy atom. The maximum atomic E-state index is 12.3. The molecule has 0 atom stereocenters. The van der Waals surface area contributed by atoms with Crippen molar-refractivity contribution in [3.8, 4) is 0 Å². The third-order valence-corrected chi connectivity index (χ3v) is 4.06. The van der Waals surface area contributed by atoms with Gasteiger partial charge in [0.25, 0.3) is 5.91 Å². The number of amides is 2. The standard InChI is InChI=1S/C19H26N2O4/c1-12(2)18(23)21-9-5-6-14-10-15(7-8-16(14)21)20-17(22)11-25-19(24)13(3)4/h7-8,10,12-13H,5-6,9,11H2,1-4H3,(H,20,22). The van der Waals surface area contributed by atoms with Gasteiger partial charge in [0.05, 0.1) is 5.92 Å². The topological polar surface area (TPSA) is 75.7 Å². The molecule has 6 nitrogen and oxygen atoms in total. The number of hydrogen-bond acceptors (Lipinski definition) is 4. The molecule has 0 saturated heterocycles. The maximum Gasteiger partial charge on any atom is 0.308 e. The fourth-order valence-corrected chi connectivity index (χ4v) is 2.72. The second kappa shape index (κ2) is 8.14. The van der Waals surface area contributed by atoms with E-state index < -0.39 is 5.97 Å². The second-order valence-electron chi connectivity index (χ2n) is 6.90. The summed E-state index contributed by atoms with van der Waals surface area (Å²) in [4.78, 5) is 37.5. The normalized spacial score (nSPS) is 13.6. The highest BCUT2D eigenvalue weighted by Crippen LogP contribution is 2.30. The molecule has 0 aromatic heterocycles. The van der Waals surface area contributed by atoms with E-state index in [0.717, 1.165) is 30.6 Å². The van der Waals surface area contributed by atoms with Gasteiger partial charge in [-0.25, -0.2) is 0 Å². The van der Waals surface area contributed by atoms with Gasteiger partial charge >= 0.3 is 5.97 Å². The number of nitrogens with zero attached hydrogens (tertiary/aromatic N) is 1. The van der Waals surface area contributed by atoms with Crippen molar-refractivity contribution in [3.05, 3.63) is 23.8 Å². The molecular weight excluding hydrogens is 320 g/mol. The van der Waals surface area contributed by atoms with Gasteiger partial charge in [-0.15, -0.1) is 0 Å². The van der Waals surface area contributed by atoms with E-state index in [1.54, 1.807) is 19.9 Å². The minimum absolute atomic E-state index is 0.0547. The van der Waals surface area contributed by atoms with Crippen LogP contribution in [0, 0.1) is 11.8 Å². The molecule has 136 valence electrons. The summed E-state index contributed by atoms with van der Waals surface area (Å²) < 4.78 is 4.92. The number of benzene rings is 1. The Morgan fingerprint density at radius 2 is 1.88 bits per heavy atom. The van der Waals surface area contributed by atoms with Crippen LogP contribution in [0.1, 0.15) is 39.7 Å². The number of aryl methyl sites for hydroxylation is 1. The lowest BCUT2D eigenvalue weighted by Crippen LogP contribution is -2.38. The zero-order valence-electron chi connectivity index (χ0n) is 15.3. The third-order valence-electron chi connectivity index (χ3n) is 4.06. The number of nitrogens with one attached hydrogen (secondary N) is 1. The molecule has 2 amide bonds. The van der Waals surface area contributed by atoms with Crippen LogP contribution in [0.3, 0.4) is 0 Å². The summed E-state index contributed by atoms with van der Waals surface area (Å²) in [6, 6.07) is 5.52. The molecule has 2 rings (SSSR count). The van der Waals surface area contributed by atoms with E-state index in [9.17, 15) is 14.4 Å². The molecule has 0 aliphatic carbocycles. The minimum Gasteiger partial charge on any atom is -0.455 e. The number of ether oxygens (including phenoxy) is 1. The van der Waals surface area contributed by atoms with Crippen LogP contribution in [0.2, 0.25) is 0 Å². The van der Waals surface area contributed by atoms with Crippen LogP contribution in [-0.4, -0.2) is 30.9 Å². The fraction of sp³-hybridized carbons (Fsp3) is 0.526. The van der Waals surface area contributed by atoms with Crippen LogP contribution in [-0.2, 0) is 25.5 Å². The number of fused-ring (bicyclic) bond motifs is 1. The Hall–Kier alpha value is -2.37. The maximum absolute atomic E-state index is 12.3. The Labute approximate surface area is 148 Å². The van der Waals surface area contributed by atoms with E-state index in [0.29, 0.717) is 5.69 Å². The highest BCUT2D eigenvalue weighted by molar-refractivity contribution is 5.97. The minimum atomic E-state index is -0.400. The van der Waals surface area contributed by atoms with Crippen molar-refractivity contribution in [1.82, 2.24) is 0 Å². The SMILES string of the molecule is CC(C)C(=O)OCC(=O)Nc1ccc2c(c1)CCCN2C(=O)C(C)C. The quantitative estimate of drug-likeness (QED) is 0.832. The van der Waals surface area contributed by atoms with Crippen LogP contribution < -0.4 is 10.2 Å². The zero-order valence-corrected chi connectivity index (χ0v) is 15.3. The van der Waals surface area contributed by atoms with Gasteiger partial charge in [-0.3, -0.25) is 14.4 Å². The molecule has 6 heteroatoms. The first-order valence-electron chi connectivity index (χ1n) is 8.70. The first kappa shape index (κ1) is 19.0. The molecule has 1 heterocycles. The highest BCUT2D eigenvalue weighted by Gasteiger charge is 2.24. The lowest BCUT2D eigenvalue weighted by molar-refractivity contribution is -0.150. The predicted molar refractivity (Wildman–Crippen MR) is 96.4 cm³/mol. The molecule has 1 N–H and O–H groups in total. The molecule has 0 fully saturated rings. The van der Waals surface area contributed by atoms with Gasteiger partial charge in [0, 0.05) is 23.8 Å². The largest absolute Gasteiger partial charge is 0.455 e. The van der Waals surface area contributed by atoms with Crippen LogP contribution in [0.4, 0.5) is 11.4 Å². The summed E-state index contributed by atoms with van der Waals surface area (Å²) in [6.45, 7) is 7.64. The molecule has 1 aliphatic heterocycles. The molecule has 0 saturated carbocycles. The van der Waals surface area contributed by atoms with Gasteiger partial charge in [-0.1, -0.05) is 27.7 Å². The smallest absolute Gasteiger partial charge is 0.308 e. The van der Waals surface area contributed by atoms with Gasteiger partial charge in [0.15, 0.2) is 6.61 Å². The van der Waals surface area contributed by atoms with Crippen LogP contribution in [0.15, 0.2) is 18.2 Å². The number of carbonyl (C=O) groups is 3. The summed E-state index contributed by atoms with van der Waals surface area (Å²) in [5.74, 6) is -0.983. The summed E-state index contributed by atoms with van der Waals surface area (Å²) >= 11 is 0. The molecular formula is C19H26N2O4. The molecule has 0 bridgehead atoms. The third kappa shape index (κ3) is 4.81. The number of carbonyl (C=O) groups excluding carboxylic acids is 3. The Bertz CT molecular complexity index is 667. The average molecular weight is 346 g/mol. The lowest BCUT2D eigenvalue weighted by Gasteiger charge is -2.31. The number of esters is 1. The van der Waals surface area contributed by atoms with Crippen molar-refractivity contribution in [2.75, 3.05) is 23.4 Å². The van der Waals surface area contributed by atoms with Gasteiger partial charge in [-0.05, 0) is 36.6 Å². The summed E-state index contributed by atoms with van der Waals surface area (Å²) in [5.41, 5.74) is 2.59. The zero-order chi connectivity index (χ0) is 18.6. The van der Waals surface area contributed by atoms with Crippen LogP contribution in [0.25, 0.3) is 0 Å². The molecule has 0 unspecified atom stereocenters. The van der Waals surface area contributed by atoms with Crippen LogP contribution >= 0.6 is 0 Å².